The quantitative estimate of drug-likeness (QED) is 0.674. The Labute approximate surface area is 160 Å². The van der Waals surface area contributed by atoms with Gasteiger partial charge in [0.2, 0.25) is 5.91 Å². The van der Waals surface area contributed by atoms with E-state index in [1.807, 2.05) is 47.4 Å². The van der Waals surface area contributed by atoms with Crippen molar-refractivity contribution in [3.05, 3.63) is 53.6 Å². The van der Waals surface area contributed by atoms with Crippen molar-refractivity contribution in [2.45, 2.75) is 38.3 Å². The summed E-state index contributed by atoms with van der Waals surface area (Å²) in [5.41, 5.74) is 2.11. The minimum atomic E-state index is 0.179. The SMILES string of the molecule is COc1ccc(CCC(=O)N(Cc2cc(OC)ccc2OC)C2CC2)cc1. The van der Waals surface area contributed by atoms with Crippen LogP contribution in [0.2, 0.25) is 0 Å². The van der Waals surface area contributed by atoms with Crippen LogP contribution >= 0.6 is 0 Å². The smallest absolute Gasteiger partial charge is 0.223 e. The average molecular weight is 369 g/mol. The van der Waals surface area contributed by atoms with E-state index in [9.17, 15) is 4.79 Å². The highest BCUT2D eigenvalue weighted by atomic mass is 16.5. The number of ether oxygens (including phenoxy) is 3. The minimum absolute atomic E-state index is 0.179. The summed E-state index contributed by atoms with van der Waals surface area (Å²) in [5.74, 6) is 2.56. The predicted molar refractivity (Wildman–Crippen MR) is 104 cm³/mol. The lowest BCUT2D eigenvalue weighted by Crippen LogP contribution is -2.32. The van der Waals surface area contributed by atoms with Crippen LogP contribution in [0.5, 0.6) is 17.2 Å². The van der Waals surface area contributed by atoms with Gasteiger partial charge in [-0.05, 0) is 55.2 Å². The van der Waals surface area contributed by atoms with E-state index in [0.29, 0.717) is 19.0 Å². The molecule has 0 aromatic heterocycles. The third-order valence-electron chi connectivity index (χ3n) is 4.92. The van der Waals surface area contributed by atoms with Gasteiger partial charge in [0.05, 0.1) is 21.3 Å². The van der Waals surface area contributed by atoms with E-state index < -0.39 is 0 Å². The first-order chi connectivity index (χ1) is 13.1. The summed E-state index contributed by atoms with van der Waals surface area (Å²) in [6.07, 6.45) is 3.36. The number of hydrogen-bond acceptors (Lipinski definition) is 4. The molecule has 1 aliphatic rings. The molecule has 2 aromatic carbocycles. The fourth-order valence-corrected chi connectivity index (χ4v) is 3.18. The van der Waals surface area contributed by atoms with E-state index in [1.165, 1.54) is 0 Å². The Morgan fingerprint density at radius 2 is 1.63 bits per heavy atom. The third kappa shape index (κ3) is 4.94. The first kappa shape index (κ1) is 19.1. The summed E-state index contributed by atoms with van der Waals surface area (Å²) in [6.45, 7) is 0.548. The first-order valence-electron chi connectivity index (χ1n) is 9.28. The van der Waals surface area contributed by atoms with Crippen molar-refractivity contribution in [2.24, 2.45) is 0 Å². The second-order valence-electron chi connectivity index (χ2n) is 6.78. The summed E-state index contributed by atoms with van der Waals surface area (Å²) in [7, 11) is 4.95. The Hall–Kier alpha value is -2.69. The second-order valence-corrected chi connectivity index (χ2v) is 6.78. The Kier molecular flexibility index (Phi) is 6.22. The number of hydrogen-bond donors (Lipinski definition) is 0. The third-order valence-corrected chi connectivity index (χ3v) is 4.92. The Morgan fingerprint density at radius 3 is 2.22 bits per heavy atom. The fourth-order valence-electron chi connectivity index (χ4n) is 3.18. The van der Waals surface area contributed by atoms with Crippen LogP contribution in [0.15, 0.2) is 42.5 Å². The van der Waals surface area contributed by atoms with Crippen LogP contribution in [0.1, 0.15) is 30.4 Å². The monoisotopic (exact) mass is 369 g/mol. The van der Waals surface area contributed by atoms with E-state index in [1.54, 1.807) is 21.3 Å². The zero-order valence-corrected chi connectivity index (χ0v) is 16.2. The molecular formula is C22H27NO4. The Bertz CT molecular complexity index is 768. The molecule has 0 atom stereocenters. The zero-order valence-electron chi connectivity index (χ0n) is 16.2. The number of methoxy groups -OCH3 is 3. The molecule has 1 amide bonds. The largest absolute Gasteiger partial charge is 0.497 e. The van der Waals surface area contributed by atoms with Crippen molar-refractivity contribution in [1.29, 1.82) is 0 Å². The summed E-state index contributed by atoms with van der Waals surface area (Å²) in [5, 5.41) is 0. The topological polar surface area (TPSA) is 48.0 Å². The van der Waals surface area contributed by atoms with Gasteiger partial charge in [-0.15, -0.1) is 0 Å². The van der Waals surface area contributed by atoms with Gasteiger partial charge in [-0.1, -0.05) is 12.1 Å². The van der Waals surface area contributed by atoms with E-state index in [2.05, 4.69) is 0 Å². The molecule has 0 bridgehead atoms. The van der Waals surface area contributed by atoms with Gasteiger partial charge < -0.3 is 19.1 Å². The lowest BCUT2D eigenvalue weighted by atomic mass is 10.1. The number of rotatable bonds is 9. The summed E-state index contributed by atoms with van der Waals surface area (Å²) < 4.78 is 16.0. The highest BCUT2D eigenvalue weighted by Gasteiger charge is 2.32. The number of carbonyl (C=O) groups excluding carboxylic acids is 1. The maximum Gasteiger partial charge on any atom is 0.223 e. The van der Waals surface area contributed by atoms with Crippen LogP contribution in [0.25, 0.3) is 0 Å². The van der Waals surface area contributed by atoms with Crippen LogP contribution < -0.4 is 14.2 Å². The highest BCUT2D eigenvalue weighted by Crippen LogP contribution is 2.32. The molecule has 0 radical (unpaired) electrons. The molecule has 5 heteroatoms. The predicted octanol–water partition coefficient (Wildman–Crippen LogP) is 3.84. The minimum Gasteiger partial charge on any atom is -0.497 e. The lowest BCUT2D eigenvalue weighted by Gasteiger charge is -2.24. The van der Waals surface area contributed by atoms with Gasteiger partial charge in [-0.25, -0.2) is 0 Å². The molecule has 0 saturated heterocycles. The number of carbonyl (C=O) groups is 1. The normalized spacial score (nSPS) is 13.1. The fraction of sp³-hybridized carbons (Fsp3) is 0.409. The maximum atomic E-state index is 12.9. The van der Waals surface area contributed by atoms with Gasteiger partial charge >= 0.3 is 0 Å². The summed E-state index contributed by atoms with van der Waals surface area (Å²) in [4.78, 5) is 14.9. The molecule has 0 heterocycles. The van der Waals surface area contributed by atoms with Gasteiger partial charge in [0.15, 0.2) is 0 Å². The van der Waals surface area contributed by atoms with Gasteiger partial charge in [0, 0.05) is 24.6 Å². The number of benzene rings is 2. The van der Waals surface area contributed by atoms with Crippen molar-refractivity contribution in [1.82, 2.24) is 4.90 Å². The summed E-state index contributed by atoms with van der Waals surface area (Å²) in [6, 6.07) is 13.9. The number of aryl methyl sites for hydroxylation is 1. The average Bonchev–Trinajstić information content (AvgIpc) is 3.55. The van der Waals surface area contributed by atoms with Crippen LogP contribution in [-0.4, -0.2) is 38.2 Å². The van der Waals surface area contributed by atoms with E-state index >= 15 is 0 Å². The van der Waals surface area contributed by atoms with E-state index in [4.69, 9.17) is 14.2 Å². The standard InChI is InChI=1S/C22H27NO4/c1-25-19-9-4-16(5-10-19)6-13-22(24)23(18-7-8-18)15-17-14-20(26-2)11-12-21(17)27-3/h4-5,9-12,14,18H,6-8,13,15H2,1-3H3. The highest BCUT2D eigenvalue weighted by molar-refractivity contribution is 5.77. The first-order valence-corrected chi connectivity index (χ1v) is 9.28. The van der Waals surface area contributed by atoms with E-state index in [0.717, 1.165) is 47.6 Å². The molecule has 27 heavy (non-hydrogen) atoms. The second kappa shape index (κ2) is 8.80. The summed E-state index contributed by atoms with van der Waals surface area (Å²) >= 11 is 0. The molecule has 3 rings (SSSR count). The van der Waals surface area contributed by atoms with Crippen molar-refractivity contribution >= 4 is 5.91 Å². The number of amides is 1. The molecule has 1 aliphatic carbocycles. The zero-order chi connectivity index (χ0) is 19.2. The molecule has 2 aromatic rings. The Morgan fingerprint density at radius 1 is 0.963 bits per heavy atom. The van der Waals surface area contributed by atoms with Gasteiger partial charge in [0.1, 0.15) is 17.2 Å². The van der Waals surface area contributed by atoms with Crippen LogP contribution in [0.4, 0.5) is 0 Å². The van der Waals surface area contributed by atoms with Crippen LogP contribution in [0.3, 0.4) is 0 Å². The van der Waals surface area contributed by atoms with Gasteiger partial charge in [-0.3, -0.25) is 4.79 Å². The van der Waals surface area contributed by atoms with Crippen molar-refractivity contribution in [3.63, 3.8) is 0 Å². The van der Waals surface area contributed by atoms with Gasteiger partial charge in [-0.2, -0.15) is 0 Å². The molecule has 0 spiro atoms. The molecule has 0 aliphatic heterocycles. The van der Waals surface area contributed by atoms with Gasteiger partial charge in [0.25, 0.3) is 0 Å². The lowest BCUT2D eigenvalue weighted by molar-refractivity contribution is -0.132. The van der Waals surface area contributed by atoms with Crippen LogP contribution in [0, 0.1) is 0 Å². The van der Waals surface area contributed by atoms with Crippen LogP contribution in [-0.2, 0) is 17.8 Å². The van der Waals surface area contributed by atoms with E-state index in [-0.39, 0.29) is 5.91 Å². The molecular weight excluding hydrogens is 342 g/mol. The molecule has 0 N–H and O–H groups in total. The Balaban J connectivity index is 1.67. The van der Waals surface area contributed by atoms with Crippen molar-refractivity contribution in [3.8, 4) is 17.2 Å². The molecule has 1 saturated carbocycles. The molecule has 5 nitrogen and oxygen atoms in total. The molecule has 0 unspecified atom stereocenters. The maximum absolute atomic E-state index is 12.9. The van der Waals surface area contributed by atoms with Crippen molar-refractivity contribution in [2.75, 3.05) is 21.3 Å². The van der Waals surface area contributed by atoms with Crippen molar-refractivity contribution < 1.29 is 19.0 Å². The molecule has 1 fully saturated rings. The molecule has 144 valence electrons. The number of nitrogens with zero attached hydrogens (tertiary/aromatic N) is 1.